The zero-order chi connectivity index (χ0) is 12.8. The Hall–Kier alpha value is -0.670. The van der Waals surface area contributed by atoms with Crippen molar-refractivity contribution in [3.63, 3.8) is 0 Å². The van der Waals surface area contributed by atoms with Crippen LogP contribution >= 0.6 is 23.4 Å². The van der Waals surface area contributed by atoms with Crippen LogP contribution in [0.15, 0.2) is 24.3 Å². The van der Waals surface area contributed by atoms with Gasteiger partial charge in [-0.1, -0.05) is 18.6 Å². The number of aromatic nitrogens is 2. The van der Waals surface area contributed by atoms with Crippen LogP contribution in [-0.4, -0.2) is 21.6 Å². The van der Waals surface area contributed by atoms with Gasteiger partial charge in [-0.15, -0.1) is 11.6 Å². The number of hydrogen-bond donors (Lipinski definition) is 0. The summed E-state index contributed by atoms with van der Waals surface area (Å²) in [5.41, 5.74) is 2.26. The molecule has 1 aromatic heterocycles. The van der Waals surface area contributed by atoms with Crippen LogP contribution in [-0.2, 0) is 12.4 Å². The van der Waals surface area contributed by atoms with Crippen molar-refractivity contribution in [2.24, 2.45) is 0 Å². The van der Waals surface area contributed by atoms with Gasteiger partial charge in [0.2, 0.25) is 0 Å². The van der Waals surface area contributed by atoms with Gasteiger partial charge < -0.3 is 4.57 Å². The largest absolute Gasteiger partial charge is 0.327 e. The van der Waals surface area contributed by atoms with Gasteiger partial charge in [0.05, 0.1) is 16.9 Å². The molecule has 2 aromatic rings. The smallest absolute Gasteiger partial charge is 0.124 e. The molecule has 0 bridgehead atoms. The molecule has 0 aliphatic rings. The van der Waals surface area contributed by atoms with Crippen LogP contribution < -0.4 is 0 Å². The number of rotatable bonds is 7. The molecule has 0 aliphatic carbocycles. The molecule has 0 fully saturated rings. The van der Waals surface area contributed by atoms with Gasteiger partial charge >= 0.3 is 0 Å². The van der Waals surface area contributed by atoms with E-state index in [0.717, 1.165) is 17.9 Å². The predicted octanol–water partition coefficient (Wildman–Crippen LogP) is 4.31. The van der Waals surface area contributed by atoms with Gasteiger partial charge in [-0.25, -0.2) is 4.98 Å². The fraction of sp³-hybridized carbons (Fsp3) is 0.500. The van der Waals surface area contributed by atoms with Gasteiger partial charge in [0.1, 0.15) is 5.82 Å². The Morgan fingerprint density at radius 2 is 2.06 bits per heavy atom. The normalized spacial score (nSPS) is 11.2. The molecule has 2 nitrogen and oxygen atoms in total. The van der Waals surface area contributed by atoms with E-state index in [-0.39, 0.29) is 0 Å². The lowest BCUT2D eigenvalue weighted by molar-refractivity contribution is 0.602. The van der Waals surface area contributed by atoms with Crippen LogP contribution in [0.2, 0.25) is 0 Å². The van der Waals surface area contributed by atoms with Crippen LogP contribution in [0.3, 0.4) is 0 Å². The standard InChI is InChI=1S/C14H19ClN2S/c1-18-10-6-2-5-9-17-13-8-4-3-7-12(13)16-14(17)11-15/h3-4,7-8H,2,5-6,9-11H2,1H3. The average Bonchev–Trinajstić information content (AvgIpc) is 2.77. The van der Waals surface area contributed by atoms with Crippen molar-refractivity contribution in [3.8, 4) is 0 Å². The van der Waals surface area contributed by atoms with Crippen LogP contribution in [0.5, 0.6) is 0 Å². The maximum absolute atomic E-state index is 5.98. The SMILES string of the molecule is CSCCCCCn1c(CCl)nc2ccccc21. The highest BCUT2D eigenvalue weighted by molar-refractivity contribution is 7.98. The number of fused-ring (bicyclic) bond motifs is 1. The zero-order valence-electron chi connectivity index (χ0n) is 10.7. The van der Waals surface area contributed by atoms with Crippen LogP contribution in [0.25, 0.3) is 11.0 Å². The Bertz CT molecular complexity index is 495. The number of unbranched alkanes of at least 4 members (excludes halogenated alkanes) is 2. The molecule has 1 aromatic carbocycles. The molecule has 2 rings (SSSR count). The van der Waals surface area contributed by atoms with Gasteiger partial charge in [-0.05, 0) is 37.0 Å². The van der Waals surface area contributed by atoms with Crippen molar-refractivity contribution in [2.75, 3.05) is 12.0 Å². The summed E-state index contributed by atoms with van der Waals surface area (Å²) in [6.45, 7) is 1.02. The minimum Gasteiger partial charge on any atom is -0.327 e. The maximum atomic E-state index is 5.98. The first-order valence-corrected chi connectivity index (χ1v) is 8.28. The Labute approximate surface area is 118 Å². The molecule has 0 unspecified atom stereocenters. The Kier molecular flexibility index (Phi) is 5.39. The quantitative estimate of drug-likeness (QED) is 0.556. The fourth-order valence-corrected chi connectivity index (χ4v) is 2.87. The number of nitrogens with zero attached hydrogens (tertiary/aromatic N) is 2. The number of thioether (sulfide) groups is 1. The Balaban J connectivity index is 2.06. The number of benzene rings is 1. The summed E-state index contributed by atoms with van der Waals surface area (Å²) >= 11 is 7.90. The highest BCUT2D eigenvalue weighted by Gasteiger charge is 2.08. The van der Waals surface area contributed by atoms with Gasteiger partial charge in [-0.3, -0.25) is 0 Å². The van der Waals surface area contributed by atoms with Crippen molar-refractivity contribution in [1.29, 1.82) is 0 Å². The minimum absolute atomic E-state index is 0.486. The summed E-state index contributed by atoms with van der Waals surface area (Å²) in [5.74, 6) is 2.73. The number of halogens is 1. The van der Waals surface area contributed by atoms with Gasteiger partial charge in [-0.2, -0.15) is 11.8 Å². The molecule has 0 saturated carbocycles. The molecule has 0 spiro atoms. The third-order valence-corrected chi connectivity index (χ3v) is 4.02. The number of aryl methyl sites for hydroxylation is 1. The van der Waals surface area contributed by atoms with Crippen molar-refractivity contribution in [3.05, 3.63) is 30.1 Å². The molecule has 0 atom stereocenters. The maximum Gasteiger partial charge on any atom is 0.124 e. The number of para-hydroxylation sites is 2. The van der Waals surface area contributed by atoms with E-state index in [1.54, 1.807) is 0 Å². The number of alkyl halides is 1. The van der Waals surface area contributed by atoms with E-state index in [0.29, 0.717) is 5.88 Å². The first-order valence-electron chi connectivity index (χ1n) is 6.36. The zero-order valence-corrected chi connectivity index (χ0v) is 12.3. The molecule has 98 valence electrons. The average molecular weight is 283 g/mol. The molecular weight excluding hydrogens is 264 g/mol. The van der Waals surface area contributed by atoms with E-state index in [2.05, 4.69) is 34.0 Å². The summed E-state index contributed by atoms with van der Waals surface area (Å²) in [6, 6.07) is 8.26. The lowest BCUT2D eigenvalue weighted by atomic mass is 10.2. The molecule has 0 saturated heterocycles. The lowest BCUT2D eigenvalue weighted by Crippen LogP contribution is -2.02. The molecule has 0 N–H and O–H groups in total. The minimum atomic E-state index is 0.486. The van der Waals surface area contributed by atoms with Gasteiger partial charge in [0.25, 0.3) is 0 Å². The van der Waals surface area contributed by atoms with Crippen molar-refractivity contribution in [2.45, 2.75) is 31.7 Å². The first kappa shape index (κ1) is 13.8. The third-order valence-electron chi connectivity index (χ3n) is 3.08. The summed E-state index contributed by atoms with van der Waals surface area (Å²) in [7, 11) is 0. The summed E-state index contributed by atoms with van der Waals surface area (Å²) in [6.07, 6.45) is 5.93. The molecular formula is C14H19ClN2S. The Morgan fingerprint density at radius 1 is 1.22 bits per heavy atom. The topological polar surface area (TPSA) is 17.8 Å². The Morgan fingerprint density at radius 3 is 2.83 bits per heavy atom. The van der Waals surface area contributed by atoms with E-state index >= 15 is 0 Å². The van der Waals surface area contributed by atoms with E-state index in [4.69, 9.17) is 11.6 Å². The molecule has 0 radical (unpaired) electrons. The van der Waals surface area contributed by atoms with Crippen LogP contribution in [0.1, 0.15) is 25.1 Å². The lowest BCUT2D eigenvalue weighted by Gasteiger charge is -2.07. The first-order chi connectivity index (χ1) is 8.86. The highest BCUT2D eigenvalue weighted by Crippen LogP contribution is 2.18. The van der Waals surface area contributed by atoms with Crippen molar-refractivity contribution >= 4 is 34.4 Å². The number of hydrogen-bond acceptors (Lipinski definition) is 2. The molecule has 1 heterocycles. The molecule has 4 heteroatoms. The molecule has 0 aliphatic heterocycles. The van der Waals surface area contributed by atoms with Crippen molar-refractivity contribution < 1.29 is 0 Å². The number of imidazole rings is 1. The second-order valence-electron chi connectivity index (χ2n) is 4.36. The van der Waals surface area contributed by atoms with Gasteiger partial charge in [0, 0.05) is 6.54 Å². The third kappa shape index (κ3) is 3.21. The summed E-state index contributed by atoms with van der Waals surface area (Å²) in [4.78, 5) is 4.57. The summed E-state index contributed by atoms with van der Waals surface area (Å²) in [5, 5.41) is 0. The fourth-order valence-electron chi connectivity index (χ4n) is 2.17. The van der Waals surface area contributed by atoms with E-state index in [1.807, 2.05) is 17.8 Å². The van der Waals surface area contributed by atoms with Crippen LogP contribution in [0, 0.1) is 0 Å². The highest BCUT2D eigenvalue weighted by atomic mass is 35.5. The monoisotopic (exact) mass is 282 g/mol. The van der Waals surface area contributed by atoms with E-state index in [9.17, 15) is 0 Å². The molecule has 18 heavy (non-hydrogen) atoms. The summed E-state index contributed by atoms with van der Waals surface area (Å²) < 4.78 is 2.27. The van der Waals surface area contributed by atoms with E-state index < -0.39 is 0 Å². The van der Waals surface area contributed by atoms with Gasteiger partial charge in [0.15, 0.2) is 0 Å². The molecule has 0 amide bonds. The second kappa shape index (κ2) is 7.05. The van der Waals surface area contributed by atoms with Crippen molar-refractivity contribution in [1.82, 2.24) is 9.55 Å². The van der Waals surface area contributed by atoms with E-state index in [1.165, 1.54) is 30.5 Å². The second-order valence-corrected chi connectivity index (χ2v) is 5.61. The van der Waals surface area contributed by atoms with Crippen LogP contribution in [0.4, 0.5) is 0 Å². The predicted molar refractivity (Wildman–Crippen MR) is 81.5 cm³/mol.